The van der Waals surface area contributed by atoms with Gasteiger partial charge in [0.05, 0.1) is 12.6 Å². The quantitative estimate of drug-likeness (QED) is 0.624. The lowest BCUT2D eigenvalue weighted by atomic mass is 9.80. The molecule has 30 heavy (non-hydrogen) atoms. The lowest BCUT2D eigenvalue weighted by Crippen LogP contribution is -2.61. The van der Waals surface area contributed by atoms with Crippen LogP contribution in [0, 0.1) is 5.41 Å². The van der Waals surface area contributed by atoms with Crippen LogP contribution in [0.15, 0.2) is 48.5 Å². The molecule has 5 heteroatoms. The number of nitrogens with one attached hydrogen (secondary N) is 1. The Morgan fingerprint density at radius 3 is 2.17 bits per heavy atom. The monoisotopic (exact) mass is 405 g/mol. The Morgan fingerprint density at radius 1 is 1.07 bits per heavy atom. The first-order valence-corrected chi connectivity index (χ1v) is 10.9. The van der Waals surface area contributed by atoms with Gasteiger partial charge in [0.25, 0.3) is 6.02 Å². The van der Waals surface area contributed by atoms with Gasteiger partial charge in [0.1, 0.15) is 6.54 Å². The van der Waals surface area contributed by atoms with Gasteiger partial charge in [-0.05, 0) is 55.9 Å². The summed E-state index contributed by atoms with van der Waals surface area (Å²) in [5, 5.41) is 8.55. The highest BCUT2D eigenvalue weighted by molar-refractivity contribution is 5.85. The maximum absolute atomic E-state index is 12.9. The maximum atomic E-state index is 12.9. The normalized spacial score (nSPS) is 19.3. The van der Waals surface area contributed by atoms with Gasteiger partial charge in [0.15, 0.2) is 0 Å². The molecule has 2 aromatic rings. The molecule has 2 aliphatic rings. The molecule has 1 fully saturated rings. The van der Waals surface area contributed by atoms with Crippen molar-refractivity contribution in [3.05, 3.63) is 70.8 Å². The van der Waals surface area contributed by atoms with Gasteiger partial charge in [-0.3, -0.25) is 10.2 Å². The Bertz CT molecular complexity index is 892. The van der Waals surface area contributed by atoms with Crippen LogP contribution in [0.3, 0.4) is 0 Å². The summed E-state index contributed by atoms with van der Waals surface area (Å²) in [5.41, 5.74) is 5.32. The Labute approximate surface area is 179 Å². The largest absolute Gasteiger partial charge is 0.466 e. The number of nitrogens with zero attached hydrogens (tertiary/aromatic N) is 2. The lowest BCUT2D eigenvalue weighted by molar-refractivity contribution is -0.139. The number of amides is 1. The summed E-state index contributed by atoms with van der Waals surface area (Å²) in [7, 11) is 0. The highest BCUT2D eigenvalue weighted by Crippen LogP contribution is 2.39. The fraction of sp³-hybridized carbons (Fsp3) is 0.440. The average molecular weight is 406 g/mol. The topological polar surface area (TPSA) is 56.6 Å². The van der Waals surface area contributed by atoms with E-state index in [4.69, 9.17) is 10.1 Å². The van der Waals surface area contributed by atoms with E-state index in [0.29, 0.717) is 13.2 Å². The number of rotatable bonds is 3. The van der Waals surface area contributed by atoms with Crippen LogP contribution in [-0.4, -0.2) is 53.5 Å². The van der Waals surface area contributed by atoms with Gasteiger partial charge in [-0.25, -0.2) is 0 Å². The third kappa shape index (κ3) is 3.69. The number of carbonyl (C=O) groups excluding carboxylic acids is 1. The molecule has 0 spiro atoms. The Morgan fingerprint density at radius 2 is 1.63 bits per heavy atom. The number of ether oxygens (including phenoxy) is 1. The van der Waals surface area contributed by atoms with Crippen molar-refractivity contribution in [3.8, 4) is 0 Å². The van der Waals surface area contributed by atoms with E-state index in [1.165, 1.54) is 22.3 Å². The predicted molar refractivity (Wildman–Crippen MR) is 119 cm³/mol. The van der Waals surface area contributed by atoms with Crippen molar-refractivity contribution in [1.29, 1.82) is 5.41 Å². The lowest BCUT2D eigenvalue weighted by Gasteiger charge is -2.46. The molecule has 158 valence electrons. The van der Waals surface area contributed by atoms with Crippen LogP contribution in [0.2, 0.25) is 0 Å². The third-order valence-corrected chi connectivity index (χ3v) is 6.40. The van der Waals surface area contributed by atoms with Crippen LogP contribution in [-0.2, 0) is 22.4 Å². The van der Waals surface area contributed by atoms with Crippen molar-refractivity contribution < 1.29 is 9.53 Å². The van der Waals surface area contributed by atoms with Gasteiger partial charge in [-0.2, -0.15) is 0 Å². The number of carbonyl (C=O) groups is 1. The SMILES string of the molecule is CCOC(=N)N1CC(=O)N(C(C)C)C[C@@H]1C1c2ccccc2CCc2ccccc21. The van der Waals surface area contributed by atoms with Crippen LogP contribution >= 0.6 is 0 Å². The van der Waals surface area contributed by atoms with Crippen molar-refractivity contribution in [2.45, 2.75) is 51.6 Å². The molecule has 1 N–H and O–H groups in total. The summed E-state index contributed by atoms with van der Waals surface area (Å²) < 4.78 is 5.59. The summed E-state index contributed by atoms with van der Waals surface area (Å²) in [6, 6.07) is 17.5. The van der Waals surface area contributed by atoms with Gasteiger partial charge >= 0.3 is 0 Å². The highest BCUT2D eigenvalue weighted by Gasteiger charge is 2.42. The molecular weight excluding hydrogens is 374 g/mol. The minimum Gasteiger partial charge on any atom is -0.466 e. The molecule has 2 aromatic carbocycles. The zero-order valence-electron chi connectivity index (χ0n) is 18.1. The summed E-state index contributed by atoms with van der Waals surface area (Å²) in [5.74, 6) is 0.135. The molecule has 1 aliphatic heterocycles. The second kappa shape index (κ2) is 8.50. The van der Waals surface area contributed by atoms with Crippen molar-refractivity contribution >= 4 is 11.9 Å². The molecule has 5 nitrogen and oxygen atoms in total. The second-order valence-corrected chi connectivity index (χ2v) is 8.45. The second-order valence-electron chi connectivity index (χ2n) is 8.45. The van der Waals surface area contributed by atoms with E-state index in [2.05, 4.69) is 62.4 Å². The van der Waals surface area contributed by atoms with Gasteiger partial charge in [-0.15, -0.1) is 0 Å². The fourth-order valence-corrected chi connectivity index (χ4v) is 4.96. The van der Waals surface area contributed by atoms with Gasteiger partial charge in [0.2, 0.25) is 5.91 Å². The van der Waals surface area contributed by atoms with Crippen LogP contribution in [0.1, 0.15) is 48.9 Å². The molecule has 0 radical (unpaired) electrons. The summed E-state index contributed by atoms with van der Waals surface area (Å²) in [6.45, 7) is 7.19. The average Bonchev–Trinajstić information content (AvgIpc) is 2.90. The third-order valence-electron chi connectivity index (χ3n) is 6.40. The molecule has 1 saturated heterocycles. The standard InChI is InChI=1S/C25H31N3O2/c1-4-30-25(26)28-16-23(29)27(17(2)3)15-22(28)24-20-11-7-5-9-18(20)13-14-19-10-6-8-12-21(19)24/h5-12,17,22,24,26H,4,13-16H2,1-3H3/t22-/m1/s1. The van der Waals surface area contributed by atoms with E-state index >= 15 is 0 Å². The molecule has 1 aliphatic carbocycles. The number of aryl methyl sites for hydroxylation is 2. The van der Waals surface area contributed by atoms with Crippen LogP contribution in [0.5, 0.6) is 0 Å². The summed E-state index contributed by atoms with van der Waals surface area (Å²) in [6.07, 6.45) is 2.01. The van der Waals surface area contributed by atoms with Crippen molar-refractivity contribution in [2.24, 2.45) is 0 Å². The zero-order valence-corrected chi connectivity index (χ0v) is 18.1. The smallest absolute Gasteiger partial charge is 0.285 e. The Kier molecular flexibility index (Phi) is 5.80. The number of piperazine rings is 1. The fourth-order valence-electron chi connectivity index (χ4n) is 4.96. The van der Waals surface area contributed by atoms with E-state index < -0.39 is 0 Å². The Hall–Kier alpha value is -2.82. The molecule has 1 atom stereocenters. The maximum Gasteiger partial charge on any atom is 0.285 e. The molecule has 0 bridgehead atoms. The van der Waals surface area contributed by atoms with Crippen LogP contribution in [0.25, 0.3) is 0 Å². The summed E-state index contributed by atoms with van der Waals surface area (Å²) in [4.78, 5) is 16.7. The highest BCUT2D eigenvalue weighted by atomic mass is 16.5. The number of benzene rings is 2. The van der Waals surface area contributed by atoms with E-state index in [0.717, 1.165) is 12.8 Å². The number of amidine groups is 1. The minimum atomic E-state index is -0.0513. The number of hydrogen-bond acceptors (Lipinski definition) is 3. The van der Waals surface area contributed by atoms with E-state index in [9.17, 15) is 4.79 Å². The van der Waals surface area contributed by atoms with Gasteiger partial charge < -0.3 is 14.5 Å². The number of hydrogen-bond donors (Lipinski definition) is 1. The van der Waals surface area contributed by atoms with Crippen molar-refractivity contribution in [3.63, 3.8) is 0 Å². The van der Waals surface area contributed by atoms with Crippen LogP contribution < -0.4 is 0 Å². The Balaban J connectivity index is 1.86. The molecule has 1 heterocycles. The first-order valence-electron chi connectivity index (χ1n) is 10.9. The molecule has 0 unspecified atom stereocenters. The van der Waals surface area contributed by atoms with Crippen molar-refractivity contribution in [2.75, 3.05) is 19.7 Å². The molecule has 0 aromatic heterocycles. The van der Waals surface area contributed by atoms with E-state index in [1.807, 2.05) is 16.7 Å². The minimum absolute atomic E-state index is 0.0513. The van der Waals surface area contributed by atoms with Crippen molar-refractivity contribution in [1.82, 2.24) is 9.80 Å². The molecule has 4 rings (SSSR count). The molecule has 0 saturated carbocycles. The zero-order chi connectivity index (χ0) is 21.3. The van der Waals surface area contributed by atoms with E-state index in [-0.39, 0.29) is 36.5 Å². The van der Waals surface area contributed by atoms with Gasteiger partial charge in [-0.1, -0.05) is 48.5 Å². The first-order chi connectivity index (χ1) is 14.5. The van der Waals surface area contributed by atoms with Crippen LogP contribution in [0.4, 0.5) is 0 Å². The predicted octanol–water partition coefficient (Wildman–Crippen LogP) is 3.81. The molecule has 1 amide bonds. The van der Waals surface area contributed by atoms with Gasteiger partial charge in [0, 0.05) is 18.5 Å². The van der Waals surface area contributed by atoms with E-state index in [1.54, 1.807) is 0 Å². The molecular formula is C25H31N3O2. The first kappa shape index (κ1) is 20.5. The number of fused-ring (bicyclic) bond motifs is 2. The summed E-state index contributed by atoms with van der Waals surface area (Å²) >= 11 is 0.